The fraction of sp³-hybridized carbons (Fsp3) is 0.0500. The van der Waals surface area contributed by atoms with Gasteiger partial charge in [-0.05, 0) is 12.1 Å². The summed E-state index contributed by atoms with van der Waals surface area (Å²) in [6.07, 6.45) is 0. The summed E-state index contributed by atoms with van der Waals surface area (Å²) in [4.78, 5) is 12.9. The molecule has 30 heavy (non-hydrogen) atoms. The molecule has 2 aliphatic rings. The number of rotatable bonds is 0. The highest BCUT2D eigenvalue weighted by atomic mass is 35.5. The Hall–Kier alpha value is -2.38. The first-order valence-electron chi connectivity index (χ1n) is 8.31. The highest BCUT2D eigenvalue weighted by Gasteiger charge is 2.58. The summed E-state index contributed by atoms with van der Waals surface area (Å²) < 4.78 is 26.7. The lowest BCUT2D eigenvalue weighted by molar-refractivity contribution is 0.0213. The molecule has 0 amide bonds. The van der Waals surface area contributed by atoms with Crippen LogP contribution in [0, 0.1) is 5.82 Å². The Morgan fingerprint density at radius 1 is 0.833 bits per heavy atom. The first kappa shape index (κ1) is 19.6. The second kappa shape index (κ2) is 6.31. The summed E-state index contributed by atoms with van der Waals surface area (Å²) in [7, 11) is 0. The highest BCUT2D eigenvalue weighted by Crippen LogP contribution is 2.61. The van der Waals surface area contributed by atoms with Crippen molar-refractivity contribution in [3.8, 4) is 23.0 Å². The van der Waals surface area contributed by atoms with E-state index in [-0.39, 0.29) is 59.6 Å². The Bertz CT molecular complexity index is 1310. The van der Waals surface area contributed by atoms with E-state index in [2.05, 4.69) is 0 Å². The zero-order valence-corrected chi connectivity index (χ0v) is 17.4. The number of phenolic OH excluding ortho intramolecular Hbond substituents is 2. The summed E-state index contributed by atoms with van der Waals surface area (Å²) in [6, 6.07) is 5.95. The second-order valence-corrected chi connectivity index (χ2v) is 8.17. The average molecular weight is 488 g/mol. The maximum absolute atomic E-state index is 15.2. The molecule has 3 aromatic rings. The van der Waals surface area contributed by atoms with E-state index in [1.54, 1.807) is 0 Å². The van der Waals surface area contributed by atoms with Gasteiger partial charge < -0.3 is 19.7 Å². The number of ether oxygens (including phenoxy) is 2. The fourth-order valence-electron chi connectivity index (χ4n) is 3.89. The average Bonchev–Trinajstić information content (AvgIpc) is 2.96. The van der Waals surface area contributed by atoms with E-state index in [9.17, 15) is 15.0 Å². The number of halogens is 5. The van der Waals surface area contributed by atoms with E-state index in [4.69, 9.17) is 55.9 Å². The van der Waals surface area contributed by atoms with E-state index >= 15 is 4.39 Å². The van der Waals surface area contributed by atoms with Gasteiger partial charge in [0.15, 0.2) is 0 Å². The molecule has 152 valence electrons. The molecule has 1 unspecified atom stereocenters. The smallest absolute Gasteiger partial charge is 0.341 e. The van der Waals surface area contributed by atoms with Crippen molar-refractivity contribution >= 4 is 52.4 Å². The van der Waals surface area contributed by atoms with Crippen molar-refractivity contribution in [2.75, 3.05) is 0 Å². The minimum Gasteiger partial charge on any atom is -0.508 e. The molecule has 5 rings (SSSR count). The summed E-state index contributed by atoms with van der Waals surface area (Å²) in [5.74, 6) is -2.52. The number of esters is 1. The van der Waals surface area contributed by atoms with Gasteiger partial charge in [-0.15, -0.1) is 0 Å². The first-order chi connectivity index (χ1) is 14.2. The molecule has 2 N–H and O–H groups in total. The van der Waals surface area contributed by atoms with Crippen molar-refractivity contribution in [1.29, 1.82) is 0 Å². The Labute approximate surface area is 188 Å². The lowest BCUT2D eigenvalue weighted by Crippen LogP contribution is -2.34. The topological polar surface area (TPSA) is 76.0 Å². The number of benzene rings is 3. The molecule has 0 aromatic heterocycles. The van der Waals surface area contributed by atoms with Gasteiger partial charge in [0.1, 0.15) is 28.8 Å². The molecular weight excluding hydrogens is 481 g/mol. The van der Waals surface area contributed by atoms with Crippen LogP contribution in [-0.4, -0.2) is 16.2 Å². The highest BCUT2D eigenvalue weighted by molar-refractivity contribution is 6.53. The monoisotopic (exact) mass is 486 g/mol. The van der Waals surface area contributed by atoms with Crippen LogP contribution in [0.15, 0.2) is 30.3 Å². The maximum Gasteiger partial charge on any atom is 0.341 e. The number of fused-ring (bicyclic) bond motifs is 6. The molecule has 5 nitrogen and oxygen atoms in total. The second-order valence-electron chi connectivity index (χ2n) is 6.66. The molecule has 0 saturated carbocycles. The van der Waals surface area contributed by atoms with Crippen LogP contribution in [-0.2, 0) is 10.3 Å². The SMILES string of the molecule is O=C1OC2(c3ccc(O)cc3Oc3cc(O)cc(F)c32)c2c(Cl)c(Cl)c(Cl)c(Cl)c21. The van der Waals surface area contributed by atoms with Gasteiger partial charge in [-0.3, -0.25) is 0 Å². The number of carbonyl (C=O) groups excluding carboxylic acids is 1. The molecular formula is C20H7Cl4FO5. The number of hydrogen-bond donors (Lipinski definition) is 2. The molecule has 0 fully saturated rings. The van der Waals surface area contributed by atoms with E-state index in [0.29, 0.717) is 0 Å². The van der Waals surface area contributed by atoms with Gasteiger partial charge in [-0.25, -0.2) is 9.18 Å². The van der Waals surface area contributed by atoms with Crippen LogP contribution in [0.1, 0.15) is 27.0 Å². The third-order valence-corrected chi connectivity index (χ3v) is 6.83. The van der Waals surface area contributed by atoms with Crippen molar-refractivity contribution in [1.82, 2.24) is 0 Å². The standard InChI is InChI=1S/C20H7Cl4FO5/c21-15-12-14(16(22)18(24)17(15)23)20(30-19(12)28)8-2-1-6(26)4-10(8)29-11-5-7(27)3-9(25)13(11)20/h1-5,26-27H. The molecule has 10 heteroatoms. The van der Waals surface area contributed by atoms with Gasteiger partial charge in [0, 0.05) is 29.3 Å². The molecule has 1 spiro atoms. The van der Waals surface area contributed by atoms with Gasteiger partial charge in [-0.1, -0.05) is 46.4 Å². The van der Waals surface area contributed by atoms with Crippen molar-refractivity contribution in [3.05, 3.63) is 78.5 Å². The van der Waals surface area contributed by atoms with Gasteiger partial charge >= 0.3 is 5.97 Å². The summed E-state index contributed by atoms with van der Waals surface area (Å²) in [5.41, 5.74) is -2.19. The first-order valence-corrected chi connectivity index (χ1v) is 9.82. The zero-order chi connectivity index (χ0) is 21.5. The maximum atomic E-state index is 15.2. The summed E-state index contributed by atoms with van der Waals surface area (Å²) >= 11 is 25.1. The molecule has 2 heterocycles. The Morgan fingerprint density at radius 2 is 1.50 bits per heavy atom. The van der Waals surface area contributed by atoms with Crippen LogP contribution in [0.25, 0.3) is 0 Å². The minimum absolute atomic E-state index is 0.0188. The van der Waals surface area contributed by atoms with Crippen molar-refractivity contribution < 1.29 is 28.9 Å². The molecule has 3 aromatic carbocycles. The van der Waals surface area contributed by atoms with Crippen LogP contribution in [0.2, 0.25) is 20.1 Å². The minimum atomic E-state index is -1.95. The quantitative estimate of drug-likeness (QED) is 0.217. The van der Waals surface area contributed by atoms with E-state index in [1.807, 2.05) is 0 Å². The molecule has 1 atom stereocenters. The van der Waals surface area contributed by atoms with E-state index in [1.165, 1.54) is 18.2 Å². The number of aromatic hydroxyl groups is 2. The Balaban J connectivity index is 2.01. The van der Waals surface area contributed by atoms with Crippen LogP contribution < -0.4 is 4.74 Å². The molecule has 0 aliphatic carbocycles. The molecule has 0 bridgehead atoms. The number of hydrogen-bond acceptors (Lipinski definition) is 5. The summed E-state index contributed by atoms with van der Waals surface area (Å²) in [5, 5.41) is 19.1. The lowest BCUT2D eigenvalue weighted by atomic mass is 9.77. The molecule has 2 aliphatic heterocycles. The number of phenols is 2. The number of carbonyl (C=O) groups is 1. The van der Waals surface area contributed by atoms with Crippen molar-refractivity contribution in [2.24, 2.45) is 0 Å². The fourth-order valence-corrected chi connectivity index (χ4v) is 4.95. The Kier molecular flexibility index (Phi) is 4.12. The predicted octanol–water partition coefficient (Wildman–Crippen LogP) is 6.42. The third-order valence-electron chi connectivity index (χ3n) is 5.02. The molecule has 0 radical (unpaired) electrons. The van der Waals surface area contributed by atoms with E-state index < -0.39 is 23.1 Å². The van der Waals surface area contributed by atoms with Crippen LogP contribution >= 0.6 is 46.4 Å². The van der Waals surface area contributed by atoms with E-state index in [0.717, 1.165) is 12.1 Å². The van der Waals surface area contributed by atoms with Crippen LogP contribution in [0.4, 0.5) is 4.39 Å². The van der Waals surface area contributed by atoms with Crippen molar-refractivity contribution in [3.63, 3.8) is 0 Å². The largest absolute Gasteiger partial charge is 0.508 e. The van der Waals surface area contributed by atoms with Crippen molar-refractivity contribution in [2.45, 2.75) is 5.60 Å². The zero-order valence-electron chi connectivity index (χ0n) is 14.4. The van der Waals surface area contributed by atoms with Gasteiger partial charge in [0.05, 0.1) is 31.2 Å². The van der Waals surface area contributed by atoms with Gasteiger partial charge in [0.25, 0.3) is 0 Å². The summed E-state index contributed by atoms with van der Waals surface area (Å²) in [6.45, 7) is 0. The molecule has 0 saturated heterocycles. The van der Waals surface area contributed by atoms with Gasteiger partial charge in [0.2, 0.25) is 5.60 Å². The Morgan fingerprint density at radius 3 is 2.23 bits per heavy atom. The third kappa shape index (κ3) is 2.33. The van der Waals surface area contributed by atoms with Crippen LogP contribution in [0.3, 0.4) is 0 Å². The predicted molar refractivity (Wildman–Crippen MR) is 108 cm³/mol. The lowest BCUT2D eigenvalue weighted by Gasteiger charge is -2.37. The van der Waals surface area contributed by atoms with Gasteiger partial charge in [-0.2, -0.15) is 0 Å². The normalized spacial score (nSPS) is 18.5. The van der Waals surface area contributed by atoms with Crippen LogP contribution in [0.5, 0.6) is 23.0 Å².